The third-order valence-electron chi connectivity index (χ3n) is 6.37. The summed E-state index contributed by atoms with van der Waals surface area (Å²) in [5, 5.41) is 17.8. The van der Waals surface area contributed by atoms with Gasteiger partial charge in [0.1, 0.15) is 11.2 Å². The molecule has 2 atom stereocenters. The van der Waals surface area contributed by atoms with E-state index in [1.165, 1.54) is 0 Å². The van der Waals surface area contributed by atoms with Crippen molar-refractivity contribution in [1.29, 1.82) is 0 Å². The fourth-order valence-corrected chi connectivity index (χ4v) is 4.01. The summed E-state index contributed by atoms with van der Waals surface area (Å²) in [5.74, 6) is -2.75. The lowest BCUT2D eigenvalue weighted by Crippen LogP contribution is -2.53. The van der Waals surface area contributed by atoms with Gasteiger partial charge in [-0.25, -0.2) is 4.79 Å². The van der Waals surface area contributed by atoms with Crippen LogP contribution in [0.25, 0.3) is 21.9 Å². The fraction of sp³-hybridized carbons (Fsp3) is 0.440. The molecule has 3 rings (SSSR count). The van der Waals surface area contributed by atoms with E-state index in [4.69, 9.17) is 8.83 Å². The van der Waals surface area contributed by atoms with Gasteiger partial charge in [-0.2, -0.15) is 0 Å². The van der Waals surface area contributed by atoms with Gasteiger partial charge in [0.15, 0.2) is 0 Å². The summed E-state index contributed by atoms with van der Waals surface area (Å²) in [6.45, 7) is 8.71. The number of hydrogen-bond acceptors (Lipinski definition) is 7. The normalized spacial score (nSPS) is 13.1. The second-order valence-electron chi connectivity index (χ2n) is 8.69. The highest BCUT2D eigenvalue weighted by atomic mass is 16.4. The lowest BCUT2D eigenvalue weighted by Gasteiger charge is -2.25. The van der Waals surface area contributed by atoms with Crippen molar-refractivity contribution in [3.05, 3.63) is 45.0 Å². The highest BCUT2D eigenvalue weighted by molar-refractivity contribution is 5.99. The van der Waals surface area contributed by atoms with E-state index in [1.54, 1.807) is 20.1 Å². The molecule has 0 aliphatic rings. The summed E-state index contributed by atoms with van der Waals surface area (Å²) in [7, 11) is 0. The smallest absolute Gasteiger partial charge is 0.339 e. The molecule has 2 amide bonds. The molecule has 3 aromatic rings. The molecular weight excluding hydrogens is 440 g/mol. The molecule has 9 nitrogen and oxygen atoms in total. The van der Waals surface area contributed by atoms with Crippen LogP contribution in [0.4, 0.5) is 0 Å². The number of carboxylic acids is 1. The molecule has 2 N–H and O–H groups in total. The first kappa shape index (κ1) is 25.0. The van der Waals surface area contributed by atoms with Crippen LogP contribution in [0.5, 0.6) is 0 Å². The molecule has 0 bridgehead atoms. The molecule has 0 saturated carbocycles. The highest BCUT2D eigenvalue weighted by Crippen LogP contribution is 2.32. The maximum atomic E-state index is 12.6. The van der Waals surface area contributed by atoms with Crippen LogP contribution in [-0.4, -0.2) is 30.4 Å². The first-order chi connectivity index (χ1) is 16.0. The van der Waals surface area contributed by atoms with Crippen molar-refractivity contribution >= 4 is 39.7 Å². The van der Waals surface area contributed by atoms with Gasteiger partial charge in [0, 0.05) is 28.3 Å². The van der Waals surface area contributed by atoms with Crippen molar-refractivity contribution in [2.24, 2.45) is 5.92 Å². The summed E-state index contributed by atoms with van der Waals surface area (Å²) in [6, 6.07) is 0.793. The van der Waals surface area contributed by atoms with Crippen LogP contribution in [0.2, 0.25) is 0 Å². The molecular formula is C25H29N2O7-. The van der Waals surface area contributed by atoms with Crippen LogP contribution in [0.3, 0.4) is 0 Å². The summed E-state index contributed by atoms with van der Waals surface area (Å²) >= 11 is 0. The van der Waals surface area contributed by atoms with Crippen LogP contribution in [0, 0.1) is 26.7 Å². The van der Waals surface area contributed by atoms with E-state index in [0.717, 1.165) is 27.5 Å². The molecule has 34 heavy (non-hydrogen) atoms. The van der Waals surface area contributed by atoms with Crippen molar-refractivity contribution < 1.29 is 28.3 Å². The number of aryl methyl sites for hydroxylation is 3. The minimum absolute atomic E-state index is 0.0361. The zero-order chi connectivity index (χ0) is 25.2. The number of furan rings is 1. The largest absolute Gasteiger partial charge is 0.548 e. The number of hydrogen-bond donors (Lipinski definition) is 2. The molecule has 0 radical (unpaired) electrons. The molecule has 9 heteroatoms. The van der Waals surface area contributed by atoms with Gasteiger partial charge in [-0.15, -0.1) is 0 Å². The number of carboxylic acid groups (broad SMARTS) is 1. The molecule has 0 unspecified atom stereocenters. The molecule has 0 spiro atoms. The summed E-state index contributed by atoms with van der Waals surface area (Å²) in [6.07, 6.45) is 2.30. The number of fused-ring (bicyclic) bond motifs is 2. The second-order valence-corrected chi connectivity index (χ2v) is 8.69. The second kappa shape index (κ2) is 10.1. The predicted octanol–water partition coefficient (Wildman–Crippen LogP) is 1.79. The topological polar surface area (TPSA) is 142 Å². The van der Waals surface area contributed by atoms with E-state index in [0.29, 0.717) is 23.2 Å². The van der Waals surface area contributed by atoms with Gasteiger partial charge >= 0.3 is 5.63 Å². The Hall–Kier alpha value is -3.62. The Morgan fingerprint density at radius 2 is 1.76 bits per heavy atom. The number of carbonyl (C=O) groups is 3. The van der Waals surface area contributed by atoms with Crippen LogP contribution >= 0.6 is 0 Å². The van der Waals surface area contributed by atoms with Gasteiger partial charge in [-0.3, -0.25) is 9.59 Å². The lowest BCUT2D eigenvalue weighted by atomic mass is 9.98. The van der Waals surface area contributed by atoms with Crippen molar-refractivity contribution in [1.82, 2.24) is 10.6 Å². The molecule has 182 valence electrons. The van der Waals surface area contributed by atoms with E-state index in [-0.39, 0.29) is 25.3 Å². The lowest BCUT2D eigenvalue weighted by molar-refractivity contribution is -0.309. The first-order valence-electron chi connectivity index (χ1n) is 11.3. The third kappa shape index (κ3) is 4.98. The van der Waals surface area contributed by atoms with Gasteiger partial charge in [0.05, 0.1) is 24.8 Å². The zero-order valence-corrected chi connectivity index (χ0v) is 20.0. The van der Waals surface area contributed by atoms with E-state index >= 15 is 0 Å². The third-order valence-corrected chi connectivity index (χ3v) is 6.37. The summed E-state index contributed by atoms with van der Waals surface area (Å²) in [5.41, 5.74) is 3.44. The Morgan fingerprint density at radius 3 is 2.41 bits per heavy atom. The molecule has 0 aliphatic heterocycles. The Morgan fingerprint density at radius 1 is 1.06 bits per heavy atom. The Balaban J connectivity index is 1.69. The minimum Gasteiger partial charge on any atom is -0.548 e. The van der Waals surface area contributed by atoms with Gasteiger partial charge < -0.3 is 29.4 Å². The van der Waals surface area contributed by atoms with Gasteiger partial charge in [0.2, 0.25) is 11.8 Å². The van der Waals surface area contributed by atoms with E-state index in [9.17, 15) is 24.3 Å². The van der Waals surface area contributed by atoms with E-state index in [2.05, 4.69) is 10.6 Å². The Kier molecular flexibility index (Phi) is 7.44. The highest BCUT2D eigenvalue weighted by Gasteiger charge is 2.20. The number of benzene rings is 1. The van der Waals surface area contributed by atoms with Crippen molar-refractivity contribution in [3.63, 3.8) is 0 Å². The predicted molar refractivity (Wildman–Crippen MR) is 124 cm³/mol. The maximum absolute atomic E-state index is 12.6. The Bertz CT molecular complexity index is 1320. The summed E-state index contributed by atoms with van der Waals surface area (Å²) < 4.78 is 11.2. The fourth-order valence-electron chi connectivity index (χ4n) is 4.01. The molecule has 1 aromatic carbocycles. The maximum Gasteiger partial charge on any atom is 0.339 e. The van der Waals surface area contributed by atoms with Gasteiger partial charge in [0.25, 0.3) is 0 Å². The summed E-state index contributed by atoms with van der Waals surface area (Å²) in [4.78, 5) is 48.2. The molecule has 0 aliphatic carbocycles. The van der Waals surface area contributed by atoms with Crippen LogP contribution in [0.15, 0.2) is 26.0 Å². The van der Waals surface area contributed by atoms with Crippen LogP contribution in [0.1, 0.15) is 48.9 Å². The van der Waals surface area contributed by atoms with Gasteiger partial charge in [-0.05, 0) is 50.3 Å². The van der Waals surface area contributed by atoms with E-state index in [1.807, 2.05) is 26.8 Å². The SMILES string of the molecule is CC[C@@H](C)[C@H](NC(=O)CNC(=O)CCc1c(C)c2cc3c(C)coc3c(C)c2oc1=O)C(=O)[O-]. The molecule has 0 saturated heterocycles. The van der Waals surface area contributed by atoms with Crippen LogP contribution in [-0.2, 0) is 20.8 Å². The number of nitrogens with one attached hydrogen (secondary N) is 2. The standard InChI is InChI=1S/C25H30N2O7/c1-6-12(2)21(24(30)31)27-20(29)10-26-19(28)8-7-16-14(4)18-9-17-13(3)11-33-22(17)15(5)23(18)34-25(16)32/h9,11-12,21H,6-8,10H2,1-5H3,(H,26,28)(H,27,29)(H,30,31)/p-1/t12-,21+/m1/s1. The average Bonchev–Trinajstić information content (AvgIpc) is 3.17. The first-order valence-corrected chi connectivity index (χ1v) is 11.3. The molecule has 2 aromatic heterocycles. The molecule has 0 fully saturated rings. The Labute approximate surface area is 196 Å². The number of carbonyl (C=O) groups excluding carboxylic acids is 3. The number of rotatable bonds is 9. The number of aliphatic carboxylic acids is 1. The monoisotopic (exact) mass is 469 g/mol. The average molecular weight is 470 g/mol. The van der Waals surface area contributed by atoms with Crippen molar-refractivity contribution in [2.75, 3.05) is 6.54 Å². The van der Waals surface area contributed by atoms with E-state index < -0.39 is 29.5 Å². The van der Waals surface area contributed by atoms with Gasteiger partial charge in [-0.1, -0.05) is 20.3 Å². The van der Waals surface area contributed by atoms with Crippen molar-refractivity contribution in [3.8, 4) is 0 Å². The zero-order valence-electron chi connectivity index (χ0n) is 20.0. The molecule has 2 heterocycles. The van der Waals surface area contributed by atoms with Crippen LogP contribution < -0.4 is 21.4 Å². The number of amides is 2. The minimum atomic E-state index is -1.37. The van der Waals surface area contributed by atoms with Crippen molar-refractivity contribution in [2.45, 2.75) is 59.9 Å². The quantitative estimate of drug-likeness (QED) is 0.455.